The fraction of sp³-hybridized carbons (Fsp3) is 1.00. The van der Waals surface area contributed by atoms with Crippen molar-refractivity contribution in [3.05, 3.63) is 0 Å². The quantitative estimate of drug-likeness (QED) is 0.838. The first-order chi connectivity index (χ1) is 7.90. The van der Waals surface area contributed by atoms with Gasteiger partial charge in [-0.05, 0) is 45.1 Å². The average Bonchev–Trinajstić information content (AvgIpc) is 2.87. The van der Waals surface area contributed by atoms with E-state index in [-0.39, 0.29) is 12.4 Å². The lowest BCUT2D eigenvalue weighted by Crippen LogP contribution is -2.36. The van der Waals surface area contributed by atoms with Gasteiger partial charge in [-0.25, -0.2) is 0 Å². The molecule has 3 aliphatic rings. The van der Waals surface area contributed by atoms with Crippen LogP contribution in [-0.4, -0.2) is 49.3 Å². The lowest BCUT2D eigenvalue weighted by atomic mass is 10.1. The molecule has 3 nitrogen and oxygen atoms in total. The lowest BCUT2D eigenvalue weighted by Gasteiger charge is -2.25. The highest BCUT2D eigenvalue weighted by atomic mass is 35.5. The van der Waals surface area contributed by atoms with Crippen LogP contribution in [0, 0.1) is 0 Å². The van der Waals surface area contributed by atoms with Crippen molar-refractivity contribution in [2.75, 3.05) is 26.2 Å². The molecular weight excluding hydrogens is 236 g/mol. The second-order valence-corrected chi connectivity index (χ2v) is 5.65. The Morgan fingerprint density at radius 3 is 2.82 bits per heavy atom. The first-order valence-corrected chi connectivity index (χ1v) is 7.00. The zero-order valence-electron chi connectivity index (χ0n) is 10.6. The molecule has 0 spiro atoms. The predicted octanol–water partition coefficient (Wildman–Crippen LogP) is 1.80. The highest BCUT2D eigenvalue weighted by Crippen LogP contribution is 2.21. The molecule has 3 rings (SSSR count). The van der Waals surface area contributed by atoms with Gasteiger partial charge in [-0.2, -0.15) is 0 Å². The van der Waals surface area contributed by atoms with Gasteiger partial charge in [0.05, 0.1) is 6.10 Å². The van der Waals surface area contributed by atoms with Crippen molar-refractivity contribution in [1.29, 1.82) is 0 Å². The summed E-state index contributed by atoms with van der Waals surface area (Å²) in [7, 11) is 0. The van der Waals surface area contributed by atoms with Crippen LogP contribution in [0.5, 0.6) is 0 Å². The molecule has 3 heterocycles. The van der Waals surface area contributed by atoms with Gasteiger partial charge in [-0.1, -0.05) is 0 Å². The molecule has 0 radical (unpaired) electrons. The summed E-state index contributed by atoms with van der Waals surface area (Å²) in [6.07, 6.45) is 8.52. The summed E-state index contributed by atoms with van der Waals surface area (Å²) in [6.45, 7) is 4.80. The van der Waals surface area contributed by atoms with Gasteiger partial charge in [0.25, 0.3) is 0 Å². The van der Waals surface area contributed by atoms with Crippen molar-refractivity contribution in [2.45, 2.75) is 56.7 Å². The van der Waals surface area contributed by atoms with Gasteiger partial charge in [-0.15, -0.1) is 12.4 Å². The molecule has 3 atom stereocenters. The number of fused-ring (bicyclic) bond motifs is 2. The monoisotopic (exact) mass is 260 g/mol. The number of likely N-dealkylation sites (tertiary alicyclic amines) is 1. The van der Waals surface area contributed by atoms with Crippen LogP contribution in [0.25, 0.3) is 0 Å². The fourth-order valence-corrected chi connectivity index (χ4v) is 3.42. The number of hydrogen-bond acceptors (Lipinski definition) is 3. The third-order valence-electron chi connectivity index (χ3n) is 4.40. The van der Waals surface area contributed by atoms with Crippen LogP contribution in [0.15, 0.2) is 0 Å². The maximum atomic E-state index is 5.69. The van der Waals surface area contributed by atoms with E-state index in [4.69, 9.17) is 4.74 Å². The molecule has 3 fully saturated rings. The smallest absolute Gasteiger partial charge is 0.0588 e. The van der Waals surface area contributed by atoms with Crippen LogP contribution in [0.2, 0.25) is 0 Å². The third kappa shape index (κ3) is 3.57. The van der Waals surface area contributed by atoms with Crippen molar-refractivity contribution in [3.8, 4) is 0 Å². The van der Waals surface area contributed by atoms with E-state index < -0.39 is 0 Å². The first kappa shape index (κ1) is 13.6. The number of ether oxygens (including phenoxy) is 1. The zero-order valence-corrected chi connectivity index (χ0v) is 11.4. The molecule has 0 aromatic carbocycles. The van der Waals surface area contributed by atoms with E-state index in [0.29, 0.717) is 6.10 Å². The van der Waals surface area contributed by atoms with E-state index in [0.717, 1.165) is 18.7 Å². The van der Waals surface area contributed by atoms with E-state index in [1.807, 2.05) is 0 Å². The number of rotatable bonds is 3. The Kier molecular flexibility index (Phi) is 5.10. The first-order valence-electron chi connectivity index (χ1n) is 7.00. The minimum Gasteiger partial charge on any atom is -0.378 e. The normalized spacial score (nSPS) is 37.8. The van der Waals surface area contributed by atoms with Crippen molar-refractivity contribution in [2.24, 2.45) is 0 Å². The number of hydrogen-bond donors (Lipinski definition) is 1. The molecule has 4 heteroatoms. The second-order valence-electron chi connectivity index (χ2n) is 5.65. The SMILES string of the molecule is C1COC(CCN2CCC3CCC(C2)N3)C1.Cl. The highest BCUT2D eigenvalue weighted by Gasteiger charge is 2.29. The van der Waals surface area contributed by atoms with Gasteiger partial charge in [0.2, 0.25) is 0 Å². The Morgan fingerprint density at radius 1 is 1.12 bits per heavy atom. The Bertz CT molecular complexity index is 233. The van der Waals surface area contributed by atoms with E-state index in [9.17, 15) is 0 Å². The molecule has 3 unspecified atom stereocenters. The average molecular weight is 261 g/mol. The van der Waals surface area contributed by atoms with E-state index in [1.54, 1.807) is 0 Å². The van der Waals surface area contributed by atoms with Gasteiger partial charge in [0.1, 0.15) is 0 Å². The standard InChI is InChI=1S/C13H24N2O.ClH/c1-2-13(16-9-1)6-8-15-7-5-11-3-4-12(10-15)14-11;/h11-14H,1-10H2;1H. The molecule has 0 aromatic heterocycles. The van der Waals surface area contributed by atoms with Crippen LogP contribution < -0.4 is 5.32 Å². The highest BCUT2D eigenvalue weighted by molar-refractivity contribution is 5.85. The van der Waals surface area contributed by atoms with E-state index >= 15 is 0 Å². The molecule has 2 bridgehead atoms. The topological polar surface area (TPSA) is 24.5 Å². The molecule has 0 aromatic rings. The van der Waals surface area contributed by atoms with Crippen molar-refractivity contribution in [3.63, 3.8) is 0 Å². The molecule has 3 saturated heterocycles. The third-order valence-corrected chi connectivity index (χ3v) is 4.40. The maximum Gasteiger partial charge on any atom is 0.0588 e. The molecule has 3 aliphatic heterocycles. The lowest BCUT2D eigenvalue weighted by molar-refractivity contribution is 0.0912. The maximum absolute atomic E-state index is 5.69. The van der Waals surface area contributed by atoms with E-state index in [2.05, 4.69) is 10.2 Å². The van der Waals surface area contributed by atoms with Crippen LogP contribution in [0.3, 0.4) is 0 Å². The zero-order chi connectivity index (χ0) is 10.8. The van der Waals surface area contributed by atoms with Crippen LogP contribution in [-0.2, 0) is 4.74 Å². The molecule has 17 heavy (non-hydrogen) atoms. The van der Waals surface area contributed by atoms with Crippen LogP contribution >= 0.6 is 12.4 Å². The largest absolute Gasteiger partial charge is 0.378 e. The fourth-order valence-electron chi connectivity index (χ4n) is 3.42. The van der Waals surface area contributed by atoms with Crippen LogP contribution in [0.1, 0.15) is 38.5 Å². The molecular formula is C13H25ClN2O. The minimum atomic E-state index is 0. The van der Waals surface area contributed by atoms with E-state index in [1.165, 1.54) is 58.2 Å². The number of nitrogens with zero attached hydrogens (tertiary/aromatic N) is 1. The summed E-state index contributed by atoms with van der Waals surface area (Å²) in [5.41, 5.74) is 0. The number of halogens is 1. The second kappa shape index (κ2) is 6.37. The Labute approximate surface area is 111 Å². The summed E-state index contributed by atoms with van der Waals surface area (Å²) in [5.74, 6) is 0. The van der Waals surface area contributed by atoms with Gasteiger partial charge in [0, 0.05) is 31.8 Å². The molecule has 0 saturated carbocycles. The van der Waals surface area contributed by atoms with Crippen LogP contribution in [0.4, 0.5) is 0 Å². The minimum absolute atomic E-state index is 0. The summed E-state index contributed by atoms with van der Waals surface area (Å²) >= 11 is 0. The predicted molar refractivity (Wildman–Crippen MR) is 71.8 cm³/mol. The van der Waals surface area contributed by atoms with Crippen molar-refractivity contribution < 1.29 is 4.74 Å². The molecule has 0 aliphatic carbocycles. The molecule has 100 valence electrons. The molecule has 0 amide bonds. The Hall–Kier alpha value is 0.170. The number of nitrogens with one attached hydrogen (secondary N) is 1. The van der Waals surface area contributed by atoms with Crippen molar-refractivity contribution >= 4 is 12.4 Å². The summed E-state index contributed by atoms with van der Waals surface area (Å²) < 4.78 is 5.69. The van der Waals surface area contributed by atoms with Gasteiger partial charge in [-0.3, -0.25) is 0 Å². The Morgan fingerprint density at radius 2 is 2.00 bits per heavy atom. The Balaban J connectivity index is 0.00000108. The molecule has 1 N–H and O–H groups in total. The van der Waals surface area contributed by atoms with Crippen molar-refractivity contribution in [1.82, 2.24) is 10.2 Å². The van der Waals surface area contributed by atoms with Gasteiger partial charge in [0.15, 0.2) is 0 Å². The summed E-state index contributed by atoms with van der Waals surface area (Å²) in [4.78, 5) is 2.65. The van der Waals surface area contributed by atoms with Gasteiger partial charge < -0.3 is 15.0 Å². The summed E-state index contributed by atoms with van der Waals surface area (Å²) in [5, 5.41) is 3.74. The summed E-state index contributed by atoms with van der Waals surface area (Å²) in [6, 6.07) is 1.59. The van der Waals surface area contributed by atoms with Gasteiger partial charge >= 0.3 is 0 Å².